The zero-order chi connectivity index (χ0) is 16.8. The van der Waals surface area contributed by atoms with Crippen LogP contribution in [0.15, 0.2) is 17.3 Å². The van der Waals surface area contributed by atoms with Crippen molar-refractivity contribution >= 4 is 17.5 Å². The summed E-state index contributed by atoms with van der Waals surface area (Å²) in [4.78, 5) is 12.0. The Labute approximate surface area is 144 Å². The Balaban J connectivity index is 1.61. The molecule has 0 saturated heterocycles. The number of hydrogen-bond donors (Lipinski definition) is 1. The molecule has 1 aromatic carbocycles. The van der Waals surface area contributed by atoms with Gasteiger partial charge in [-0.25, -0.2) is 0 Å². The number of tetrazole rings is 1. The number of rotatable bonds is 8. The Morgan fingerprint density at radius 3 is 3.12 bits per heavy atom. The van der Waals surface area contributed by atoms with E-state index in [-0.39, 0.29) is 5.78 Å². The van der Waals surface area contributed by atoms with Crippen LogP contribution >= 0.6 is 11.8 Å². The summed E-state index contributed by atoms with van der Waals surface area (Å²) in [6.07, 6.45) is 3.12. The fraction of sp³-hybridized carbons (Fsp3) is 0.500. The molecule has 0 aliphatic carbocycles. The molecule has 0 radical (unpaired) electrons. The molecule has 7 nitrogen and oxygen atoms in total. The predicted molar refractivity (Wildman–Crippen MR) is 89.9 cm³/mol. The first-order valence-corrected chi connectivity index (χ1v) is 9.09. The van der Waals surface area contributed by atoms with E-state index in [4.69, 9.17) is 9.47 Å². The summed E-state index contributed by atoms with van der Waals surface area (Å²) in [5, 5.41) is 14.4. The van der Waals surface area contributed by atoms with Crippen LogP contribution in [0.3, 0.4) is 0 Å². The molecule has 1 aliphatic heterocycles. The van der Waals surface area contributed by atoms with E-state index in [1.165, 1.54) is 11.8 Å². The maximum Gasteiger partial charge on any atom is 0.230 e. The van der Waals surface area contributed by atoms with Gasteiger partial charge >= 0.3 is 0 Å². The summed E-state index contributed by atoms with van der Waals surface area (Å²) in [5.74, 6) is 2.53. The highest BCUT2D eigenvalue weighted by Crippen LogP contribution is 2.36. The second-order valence-corrected chi connectivity index (χ2v) is 6.50. The van der Waals surface area contributed by atoms with Gasteiger partial charge in [0.05, 0.1) is 18.8 Å². The average Bonchev–Trinajstić information content (AvgIpc) is 3.10. The van der Waals surface area contributed by atoms with Gasteiger partial charge in [0.1, 0.15) is 11.5 Å². The Morgan fingerprint density at radius 1 is 1.42 bits per heavy atom. The van der Waals surface area contributed by atoms with Gasteiger partial charge in [0.15, 0.2) is 5.78 Å². The van der Waals surface area contributed by atoms with Gasteiger partial charge in [-0.2, -0.15) is 5.21 Å². The van der Waals surface area contributed by atoms with Gasteiger partial charge in [0.2, 0.25) is 5.16 Å². The third-order valence-electron chi connectivity index (χ3n) is 3.70. The van der Waals surface area contributed by atoms with Crippen LogP contribution in [0.1, 0.15) is 42.1 Å². The highest BCUT2D eigenvalue weighted by Gasteiger charge is 2.23. The first-order valence-electron chi connectivity index (χ1n) is 8.10. The van der Waals surface area contributed by atoms with E-state index in [9.17, 15) is 4.79 Å². The van der Waals surface area contributed by atoms with Crippen LogP contribution in [0.5, 0.6) is 11.5 Å². The molecule has 1 N–H and O–H groups in total. The summed E-state index contributed by atoms with van der Waals surface area (Å²) >= 11 is 1.53. The maximum atomic E-state index is 12.0. The molecule has 0 saturated carbocycles. The fourth-order valence-corrected chi connectivity index (χ4v) is 3.26. The van der Waals surface area contributed by atoms with E-state index in [1.54, 1.807) is 0 Å². The van der Waals surface area contributed by atoms with Gasteiger partial charge in [0, 0.05) is 17.7 Å². The number of aromatic nitrogens is 4. The Hall–Kier alpha value is -2.09. The zero-order valence-electron chi connectivity index (χ0n) is 13.6. The van der Waals surface area contributed by atoms with Gasteiger partial charge in [-0.1, -0.05) is 25.1 Å². The number of ketones is 1. The van der Waals surface area contributed by atoms with Crippen molar-refractivity contribution in [2.24, 2.45) is 0 Å². The fourth-order valence-electron chi connectivity index (χ4n) is 2.61. The second kappa shape index (κ2) is 8.14. The summed E-state index contributed by atoms with van der Waals surface area (Å²) in [6, 6.07) is 3.71. The van der Waals surface area contributed by atoms with Crippen LogP contribution in [0.25, 0.3) is 0 Å². The van der Waals surface area contributed by atoms with Gasteiger partial charge < -0.3 is 9.47 Å². The third kappa shape index (κ3) is 3.87. The first kappa shape index (κ1) is 16.8. The van der Waals surface area contributed by atoms with E-state index in [0.717, 1.165) is 36.3 Å². The van der Waals surface area contributed by atoms with Crippen LogP contribution in [-0.2, 0) is 6.42 Å². The van der Waals surface area contributed by atoms with Gasteiger partial charge in [-0.15, -0.1) is 10.2 Å². The lowest BCUT2D eigenvalue weighted by molar-refractivity contribution is 0.0932. The quantitative estimate of drug-likeness (QED) is 0.579. The number of ether oxygens (including phenoxy) is 2. The Kier molecular flexibility index (Phi) is 5.68. The van der Waals surface area contributed by atoms with Gasteiger partial charge in [0.25, 0.3) is 0 Å². The maximum absolute atomic E-state index is 12.0. The number of thioether (sulfide) groups is 1. The van der Waals surface area contributed by atoms with Crippen molar-refractivity contribution in [2.75, 3.05) is 19.0 Å². The zero-order valence-corrected chi connectivity index (χ0v) is 14.4. The number of Topliss-reactive ketones (excluding diaryl/α,β-unsaturated/α-hetero) is 1. The number of aromatic amines is 1. The van der Waals surface area contributed by atoms with Crippen molar-refractivity contribution < 1.29 is 14.3 Å². The summed E-state index contributed by atoms with van der Waals surface area (Å²) in [5.41, 5.74) is 1.69. The first-order chi connectivity index (χ1) is 11.8. The molecule has 0 amide bonds. The van der Waals surface area contributed by atoms with Crippen molar-refractivity contribution in [3.63, 3.8) is 0 Å². The van der Waals surface area contributed by atoms with Crippen molar-refractivity contribution in [1.82, 2.24) is 20.6 Å². The van der Waals surface area contributed by atoms with Crippen molar-refractivity contribution in [3.8, 4) is 11.5 Å². The van der Waals surface area contributed by atoms with E-state index in [0.29, 0.717) is 36.1 Å². The highest BCUT2D eigenvalue weighted by atomic mass is 32.2. The Morgan fingerprint density at radius 2 is 2.33 bits per heavy atom. The van der Waals surface area contributed by atoms with Crippen LogP contribution in [0, 0.1) is 0 Å². The smallest absolute Gasteiger partial charge is 0.230 e. The second-order valence-electron chi connectivity index (χ2n) is 5.44. The largest absolute Gasteiger partial charge is 0.493 e. The van der Waals surface area contributed by atoms with Gasteiger partial charge in [-0.3, -0.25) is 4.79 Å². The molecule has 2 heterocycles. The lowest BCUT2D eigenvalue weighted by Gasteiger charge is -2.22. The molecule has 2 aromatic rings. The lowest BCUT2D eigenvalue weighted by atomic mass is 9.98. The summed E-state index contributed by atoms with van der Waals surface area (Å²) in [7, 11) is 0. The molecule has 3 rings (SSSR count). The molecule has 1 aliphatic rings. The molecule has 0 spiro atoms. The molecule has 1 aromatic heterocycles. The number of carbonyl (C=O) groups excluding carboxylic acids is 1. The van der Waals surface area contributed by atoms with Crippen LogP contribution in [-0.4, -0.2) is 45.4 Å². The highest BCUT2D eigenvalue weighted by molar-refractivity contribution is 7.99. The summed E-state index contributed by atoms with van der Waals surface area (Å²) < 4.78 is 11.7. The molecule has 0 fully saturated rings. The van der Waals surface area contributed by atoms with Crippen molar-refractivity contribution in [1.29, 1.82) is 0 Å². The normalized spacial score (nSPS) is 13.5. The Bertz CT molecular complexity index is 691. The van der Waals surface area contributed by atoms with E-state index in [2.05, 4.69) is 27.5 Å². The predicted octanol–water partition coefficient (Wildman–Crippen LogP) is 2.68. The summed E-state index contributed by atoms with van der Waals surface area (Å²) in [6.45, 7) is 3.15. The minimum atomic E-state index is 0.150. The number of nitrogens with zero attached hydrogens (tertiary/aromatic N) is 3. The average molecular weight is 348 g/mol. The molecule has 8 heteroatoms. The molecule has 0 unspecified atom stereocenters. The minimum absolute atomic E-state index is 0.150. The number of H-pyrrole nitrogens is 1. The van der Waals surface area contributed by atoms with E-state index < -0.39 is 0 Å². The van der Waals surface area contributed by atoms with Gasteiger partial charge in [-0.05, 0) is 30.2 Å². The van der Waals surface area contributed by atoms with Crippen molar-refractivity contribution in [3.05, 3.63) is 23.3 Å². The standard InChI is InChI=1S/C16H20N4O3S/c1-2-4-12-14(6-5-11-13(21)7-9-23-15(11)12)22-8-3-10-24-16-17-19-20-18-16/h5-6H,2-4,7-10H2,1H3,(H,17,18,19,20). The molecule has 24 heavy (non-hydrogen) atoms. The van der Waals surface area contributed by atoms with E-state index in [1.807, 2.05) is 12.1 Å². The molecule has 0 bridgehead atoms. The molecule has 128 valence electrons. The number of nitrogens with one attached hydrogen (secondary N) is 1. The third-order valence-corrected chi connectivity index (χ3v) is 4.62. The van der Waals surface area contributed by atoms with Crippen LogP contribution in [0.4, 0.5) is 0 Å². The SMILES string of the molecule is CCCc1c(OCCCSc2nn[nH]n2)ccc2c1OCCC2=O. The van der Waals surface area contributed by atoms with E-state index >= 15 is 0 Å². The minimum Gasteiger partial charge on any atom is -0.493 e. The lowest BCUT2D eigenvalue weighted by Crippen LogP contribution is -2.17. The monoisotopic (exact) mass is 348 g/mol. The van der Waals surface area contributed by atoms with Crippen LogP contribution in [0.2, 0.25) is 0 Å². The molecular weight excluding hydrogens is 328 g/mol. The number of benzene rings is 1. The number of fused-ring (bicyclic) bond motifs is 1. The number of carbonyl (C=O) groups is 1. The number of hydrogen-bond acceptors (Lipinski definition) is 7. The molecule has 0 atom stereocenters. The molecular formula is C16H20N4O3S. The van der Waals surface area contributed by atoms with Crippen molar-refractivity contribution in [2.45, 2.75) is 37.8 Å². The van der Waals surface area contributed by atoms with Crippen LogP contribution < -0.4 is 9.47 Å². The topological polar surface area (TPSA) is 90.0 Å².